The number of hydrogen-bond donors (Lipinski definition) is 1. The Morgan fingerprint density at radius 3 is 2.52 bits per heavy atom. The number of hydrazone groups is 1. The van der Waals surface area contributed by atoms with Crippen molar-refractivity contribution in [2.45, 2.75) is 26.3 Å². The molecule has 0 spiro atoms. The van der Waals surface area contributed by atoms with Crippen LogP contribution in [0.5, 0.6) is 5.75 Å². The highest BCUT2D eigenvalue weighted by Crippen LogP contribution is 2.39. The molecule has 1 N–H and O–H groups in total. The first-order chi connectivity index (χ1) is 12.0. The summed E-state index contributed by atoms with van der Waals surface area (Å²) in [7, 11) is 0. The molecule has 0 amide bonds. The molecule has 5 heteroatoms. The van der Waals surface area contributed by atoms with E-state index in [1.807, 2.05) is 48.3 Å². The summed E-state index contributed by atoms with van der Waals surface area (Å²) in [5.74, 6) is 0.209. The number of phenolic OH excluding ortho intramolecular Hbond substituents is 1. The Hall–Kier alpha value is -2.40. The summed E-state index contributed by atoms with van der Waals surface area (Å²) >= 11 is 3.44. The minimum absolute atomic E-state index is 0.0270. The number of ketones is 1. The molecule has 0 bridgehead atoms. The van der Waals surface area contributed by atoms with Crippen LogP contribution in [0, 0.1) is 0 Å². The summed E-state index contributed by atoms with van der Waals surface area (Å²) in [6.45, 7) is 3.39. The first-order valence-electron chi connectivity index (χ1n) is 8.05. The number of hydrogen-bond acceptors (Lipinski definition) is 4. The van der Waals surface area contributed by atoms with Gasteiger partial charge in [0.2, 0.25) is 0 Å². The number of carbonyl (C=O) groups is 1. The van der Waals surface area contributed by atoms with Crippen LogP contribution in [0.2, 0.25) is 0 Å². The normalized spacial score (nSPS) is 17.6. The van der Waals surface area contributed by atoms with E-state index in [1.54, 1.807) is 18.2 Å². The van der Waals surface area contributed by atoms with Crippen molar-refractivity contribution < 1.29 is 9.90 Å². The van der Waals surface area contributed by atoms with E-state index in [1.165, 1.54) is 6.92 Å². The van der Waals surface area contributed by atoms with Crippen LogP contribution in [-0.2, 0) is 4.79 Å². The van der Waals surface area contributed by atoms with E-state index in [-0.39, 0.29) is 17.6 Å². The standard InChI is InChI=1S/C20H19BrN2O2/c1-13(11-14(2)24)23-19(17-5-3-4-6-20(17)25)12-18(22-23)15-7-9-16(21)10-8-15/h3-11,19,25H,12H2,1-2H3/b13-11+/t19-/m0/s1. The Balaban J connectivity index is 2.02. The van der Waals surface area contributed by atoms with Crippen LogP contribution >= 0.6 is 15.9 Å². The number of allylic oxidation sites excluding steroid dienone is 2. The number of carbonyl (C=O) groups excluding carboxylic acids is 1. The van der Waals surface area contributed by atoms with Gasteiger partial charge in [-0.25, -0.2) is 0 Å². The van der Waals surface area contributed by atoms with E-state index in [9.17, 15) is 9.90 Å². The molecule has 1 heterocycles. The number of aromatic hydroxyl groups is 1. The molecule has 4 nitrogen and oxygen atoms in total. The summed E-state index contributed by atoms with van der Waals surface area (Å²) in [4.78, 5) is 11.5. The van der Waals surface area contributed by atoms with Gasteiger partial charge < -0.3 is 5.11 Å². The monoisotopic (exact) mass is 398 g/mol. The van der Waals surface area contributed by atoms with Gasteiger partial charge in [-0.15, -0.1) is 0 Å². The van der Waals surface area contributed by atoms with Gasteiger partial charge >= 0.3 is 0 Å². The minimum Gasteiger partial charge on any atom is -0.508 e. The van der Waals surface area contributed by atoms with Crippen LogP contribution in [0.25, 0.3) is 0 Å². The second-order valence-corrected chi connectivity index (χ2v) is 6.99. The molecule has 1 aliphatic rings. The van der Waals surface area contributed by atoms with Gasteiger partial charge in [-0.05, 0) is 37.6 Å². The van der Waals surface area contributed by atoms with Crippen molar-refractivity contribution in [2.24, 2.45) is 5.10 Å². The summed E-state index contributed by atoms with van der Waals surface area (Å²) in [5, 5.41) is 16.8. The molecule has 1 atom stereocenters. The van der Waals surface area contributed by atoms with Gasteiger partial charge in [-0.1, -0.05) is 46.3 Å². The molecule has 0 saturated heterocycles. The zero-order valence-electron chi connectivity index (χ0n) is 14.1. The summed E-state index contributed by atoms with van der Waals surface area (Å²) < 4.78 is 1.01. The molecular weight excluding hydrogens is 380 g/mol. The fourth-order valence-electron chi connectivity index (χ4n) is 3.02. The van der Waals surface area contributed by atoms with E-state index in [0.29, 0.717) is 6.42 Å². The first kappa shape index (κ1) is 17.4. The maximum absolute atomic E-state index is 11.5. The lowest BCUT2D eigenvalue weighted by molar-refractivity contribution is -0.112. The van der Waals surface area contributed by atoms with Gasteiger partial charge in [-0.2, -0.15) is 5.10 Å². The van der Waals surface area contributed by atoms with E-state index < -0.39 is 0 Å². The maximum atomic E-state index is 11.5. The number of benzene rings is 2. The molecule has 1 aliphatic heterocycles. The Bertz CT molecular complexity index is 856. The predicted molar refractivity (Wildman–Crippen MR) is 102 cm³/mol. The SMILES string of the molecule is CC(=O)/C=C(\C)N1N=C(c2ccc(Br)cc2)C[C@H]1c1ccccc1O. The third-order valence-electron chi connectivity index (χ3n) is 4.16. The van der Waals surface area contributed by atoms with Crippen molar-refractivity contribution in [3.8, 4) is 5.75 Å². The van der Waals surface area contributed by atoms with Crippen molar-refractivity contribution in [3.63, 3.8) is 0 Å². The van der Waals surface area contributed by atoms with Crippen LogP contribution in [-0.4, -0.2) is 21.6 Å². The van der Waals surface area contributed by atoms with Crippen LogP contribution in [0.4, 0.5) is 0 Å². The number of nitrogens with zero attached hydrogens (tertiary/aromatic N) is 2. The van der Waals surface area contributed by atoms with Gasteiger partial charge in [-0.3, -0.25) is 9.80 Å². The van der Waals surface area contributed by atoms with Crippen molar-refractivity contribution in [1.82, 2.24) is 5.01 Å². The Labute approximate surface area is 155 Å². The van der Waals surface area contributed by atoms with Crippen LogP contribution < -0.4 is 0 Å². The molecule has 0 aromatic heterocycles. The lowest BCUT2D eigenvalue weighted by Crippen LogP contribution is -2.18. The molecule has 0 aliphatic carbocycles. The summed E-state index contributed by atoms with van der Waals surface area (Å²) in [5.41, 5.74) is 3.52. The summed E-state index contributed by atoms with van der Waals surface area (Å²) in [6, 6.07) is 15.1. The first-order valence-corrected chi connectivity index (χ1v) is 8.84. The van der Waals surface area contributed by atoms with Crippen molar-refractivity contribution in [2.75, 3.05) is 0 Å². The fourth-order valence-corrected chi connectivity index (χ4v) is 3.29. The van der Waals surface area contributed by atoms with Gasteiger partial charge in [0.05, 0.1) is 11.8 Å². The molecule has 2 aromatic carbocycles. The van der Waals surface area contributed by atoms with Crippen molar-refractivity contribution in [3.05, 3.63) is 75.9 Å². The van der Waals surface area contributed by atoms with Crippen molar-refractivity contribution in [1.29, 1.82) is 0 Å². The number of rotatable bonds is 4. The highest BCUT2D eigenvalue weighted by Gasteiger charge is 2.31. The number of halogens is 1. The average Bonchev–Trinajstić information content (AvgIpc) is 3.00. The Kier molecular flexibility index (Phi) is 5.04. The third-order valence-corrected chi connectivity index (χ3v) is 4.69. The third kappa shape index (κ3) is 3.82. The topological polar surface area (TPSA) is 52.9 Å². The van der Waals surface area contributed by atoms with E-state index in [2.05, 4.69) is 15.9 Å². The van der Waals surface area contributed by atoms with Gasteiger partial charge in [0.1, 0.15) is 5.75 Å². The minimum atomic E-state index is -0.143. The lowest BCUT2D eigenvalue weighted by Gasteiger charge is -2.24. The smallest absolute Gasteiger partial charge is 0.154 e. The van der Waals surface area contributed by atoms with E-state index in [0.717, 1.165) is 27.0 Å². The van der Waals surface area contributed by atoms with Gasteiger partial charge in [0.15, 0.2) is 5.78 Å². The zero-order valence-corrected chi connectivity index (χ0v) is 15.7. The molecule has 2 aromatic rings. The highest BCUT2D eigenvalue weighted by atomic mass is 79.9. The van der Waals surface area contributed by atoms with Crippen molar-refractivity contribution >= 4 is 27.4 Å². The number of phenols is 1. The fraction of sp³-hybridized carbons (Fsp3) is 0.200. The van der Waals surface area contributed by atoms with Gasteiger partial charge in [0.25, 0.3) is 0 Å². The van der Waals surface area contributed by atoms with Crippen LogP contribution in [0.3, 0.4) is 0 Å². The summed E-state index contributed by atoms with van der Waals surface area (Å²) in [6.07, 6.45) is 2.23. The Morgan fingerprint density at radius 1 is 1.20 bits per heavy atom. The number of para-hydroxylation sites is 1. The molecule has 0 fully saturated rings. The van der Waals surface area contributed by atoms with Crippen LogP contribution in [0.1, 0.15) is 37.4 Å². The second-order valence-electron chi connectivity index (χ2n) is 6.07. The molecular formula is C20H19BrN2O2. The molecule has 25 heavy (non-hydrogen) atoms. The lowest BCUT2D eigenvalue weighted by atomic mass is 9.97. The molecule has 0 unspecified atom stereocenters. The largest absolute Gasteiger partial charge is 0.508 e. The molecule has 128 valence electrons. The van der Waals surface area contributed by atoms with Crippen LogP contribution in [0.15, 0.2) is 69.9 Å². The zero-order chi connectivity index (χ0) is 18.0. The quantitative estimate of drug-likeness (QED) is 0.752. The second kappa shape index (κ2) is 7.23. The highest BCUT2D eigenvalue weighted by molar-refractivity contribution is 9.10. The maximum Gasteiger partial charge on any atom is 0.154 e. The predicted octanol–water partition coefficient (Wildman–Crippen LogP) is 4.80. The Morgan fingerprint density at radius 2 is 1.88 bits per heavy atom. The average molecular weight is 399 g/mol. The molecule has 3 rings (SSSR count). The molecule has 0 saturated carbocycles. The van der Waals surface area contributed by atoms with E-state index >= 15 is 0 Å². The van der Waals surface area contributed by atoms with E-state index in [4.69, 9.17) is 5.10 Å². The molecule has 0 radical (unpaired) electrons. The van der Waals surface area contributed by atoms with Gasteiger partial charge in [0, 0.05) is 28.2 Å².